The third-order valence-corrected chi connectivity index (χ3v) is 4.35. The minimum absolute atomic E-state index is 0.0395. The van der Waals surface area contributed by atoms with Crippen LogP contribution in [0.25, 0.3) is 16.9 Å². The van der Waals surface area contributed by atoms with Crippen molar-refractivity contribution in [1.29, 1.82) is 5.26 Å². The van der Waals surface area contributed by atoms with Crippen molar-refractivity contribution in [2.45, 2.75) is 19.8 Å². The molecule has 0 aliphatic rings. The molecule has 2 aromatic heterocycles. The summed E-state index contributed by atoms with van der Waals surface area (Å²) in [5.41, 5.74) is 2.34. The fraction of sp³-hybridized carbons (Fsp3) is 0.188. The van der Waals surface area contributed by atoms with E-state index in [-0.39, 0.29) is 11.5 Å². The van der Waals surface area contributed by atoms with Gasteiger partial charge in [-0.3, -0.25) is 4.79 Å². The highest BCUT2D eigenvalue weighted by Gasteiger charge is 2.19. The van der Waals surface area contributed by atoms with Gasteiger partial charge in [0.2, 0.25) is 0 Å². The van der Waals surface area contributed by atoms with Crippen LogP contribution in [0.15, 0.2) is 29.2 Å². The third-order valence-electron chi connectivity index (χ3n) is 3.61. The topological polar surface area (TPSA) is 73.9 Å². The van der Waals surface area contributed by atoms with Gasteiger partial charge in [0, 0.05) is 11.1 Å². The van der Waals surface area contributed by atoms with E-state index in [0.717, 1.165) is 5.56 Å². The van der Waals surface area contributed by atoms with Crippen molar-refractivity contribution in [3.8, 4) is 17.3 Å². The van der Waals surface area contributed by atoms with Gasteiger partial charge in [-0.25, -0.2) is 0 Å². The standard InChI is InChI=1S/C16H12Cl2N4O/c1-8(2)13-14(9-3-4-11(17)12(18)5-9)21-15-10(6-19)7-20-22(15)16(13)23/h3-5,7-8,21H,1-2H3. The maximum absolute atomic E-state index is 12.8. The van der Waals surface area contributed by atoms with Crippen molar-refractivity contribution in [2.75, 3.05) is 0 Å². The van der Waals surface area contributed by atoms with Gasteiger partial charge in [0.05, 0.1) is 21.9 Å². The zero-order chi connectivity index (χ0) is 16.7. The number of rotatable bonds is 2. The summed E-state index contributed by atoms with van der Waals surface area (Å²) in [6.45, 7) is 3.85. The number of aromatic nitrogens is 3. The van der Waals surface area contributed by atoms with E-state index < -0.39 is 0 Å². The van der Waals surface area contributed by atoms with Crippen LogP contribution in [0.5, 0.6) is 0 Å². The molecular formula is C16H12Cl2N4O. The van der Waals surface area contributed by atoms with E-state index in [0.29, 0.717) is 32.5 Å². The van der Waals surface area contributed by atoms with Crippen molar-refractivity contribution in [1.82, 2.24) is 14.6 Å². The minimum atomic E-state index is -0.253. The van der Waals surface area contributed by atoms with Gasteiger partial charge in [-0.2, -0.15) is 14.9 Å². The zero-order valence-corrected chi connectivity index (χ0v) is 13.9. The van der Waals surface area contributed by atoms with Gasteiger partial charge in [0.25, 0.3) is 5.56 Å². The molecule has 0 saturated heterocycles. The summed E-state index contributed by atoms with van der Waals surface area (Å²) < 4.78 is 1.22. The lowest BCUT2D eigenvalue weighted by Crippen LogP contribution is -2.22. The summed E-state index contributed by atoms with van der Waals surface area (Å²) in [6.07, 6.45) is 1.37. The number of nitrogens with zero attached hydrogens (tertiary/aromatic N) is 3. The number of H-pyrrole nitrogens is 1. The molecule has 0 radical (unpaired) electrons. The Balaban J connectivity index is 2.42. The Hall–Kier alpha value is -2.29. The first-order chi connectivity index (χ1) is 10.9. The van der Waals surface area contributed by atoms with Crippen LogP contribution < -0.4 is 5.56 Å². The van der Waals surface area contributed by atoms with Gasteiger partial charge in [0.15, 0.2) is 5.65 Å². The Morgan fingerprint density at radius 2 is 2.04 bits per heavy atom. The quantitative estimate of drug-likeness (QED) is 0.762. The van der Waals surface area contributed by atoms with Gasteiger partial charge >= 0.3 is 0 Å². The maximum Gasteiger partial charge on any atom is 0.278 e. The molecule has 0 unspecified atom stereocenters. The molecule has 23 heavy (non-hydrogen) atoms. The van der Waals surface area contributed by atoms with Crippen LogP contribution in [0.2, 0.25) is 10.0 Å². The Kier molecular flexibility index (Phi) is 3.88. The first kappa shape index (κ1) is 15.6. The average molecular weight is 347 g/mol. The number of nitriles is 1. The molecule has 0 fully saturated rings. The molecule has 2 heterocycles. The molecule has 0 spiro atoms. The molecule has 0 aliphatic heterocycles. The van der Waals surface area contributed by atoms with Crippen LogP contribution >= 0.6 is 23.2 Å². The Morgan fingerprint density at radius 3 is 2.65 bits per heavy atom. The molecule has 3 rings (SSSR count). The number of hydrogen-bond donors (Lipinski definition) is 1. The molecule has 116 valence electrons. The van der Waals surface area contributed by atoms with Crippen LogP contribution in [0.1, 0.15) is 30.9 Å². The largest absolute Gasteiger partial charge is 0.338 e. The second-order valence-corrected chi connectivity index (χ2v) is 6.25. The lowest BCUT2D eigenvalue weighted by molar-refractivity contribution is 0.797. The molecule has 1 N–H and O–H groups in total. The van der Waals surface area contributed by atoms with Crippen LogP contribution in [0, 0.1) is 11.3 Å². The van der Waals surface area contributed by atoms with E-state index in [1.807, 2.05) is 19.9 Å². The van der Waals surface area contributed by atoms with Crippen molar-refractivity contribution in [2.24, 2.45) is 0 Å². The van der Waals surface area contributed by atoms with Gasteiger partial charge in [0.1, 0.15) is 11.6 Å². The summed E-state index contributed by atoms with van der Waals surface area (Å²) in [7, 11) is 0. The number of fused-ring (bicyclic) bond motifs is 1. The lowest BCUT2D eigenvalue weighted by atomic mass is 9.98. The summed E-state index contributed by atoms with van der Waals surface area (Å²) in [5, 5.41) is 14.0. The first-order valence-electron chi connectivity index (χ1n) is 6.93. The average Bonchev–Trinajstić information content (AvgIpc) is 2.92. The molecule has 0 amide bonds. The zero-order valence-electron chi connectivity index (χ0n) is 12.4. The highest BCUT2D eigenvalue weighted by atomic mass is 35.5. The molecule has 3 aromatic rings. The van der Waals surface area contributed by atoms with E-state index in [4.69, 9.17) is 23.2 Å². The van der Waals surface area contributed by atoms with Crippen LogP contribution in [-0.2, 0) is 0 Å². The highest BCUT2D eigenvalue weighted by molar-refractivity contribution is 6.42. The van der Waals surface area contributed by atoms with Gasteiger partial charge in [-0.15, -0.1) is 0 Å². The molecular weight excluding hydrogens is 335 g/mol. The summed E-state index contributed by atoms with van der Waals surface area (Å²) in [4.78, 5) is 15.9. The normalized spacial score (nSPS) is 11.1. The molecule has 1 aromatic carbocycles. The highest BCUT2D eigenvalue weighted by Crippen LogP contribution is 2.31. The van der Waals surface area contributed by atoms with Crippen LogP contribution in [0.3, 0.4) is 0 Å². The first-order valence-corrected chi connectivity index (χ1v) is 7.69. The second-order valence-electron chi connectivity index (χ2n) is 5.43. The lowest BCUT2D eigenvalue weighted by Gasteiger charge is -2.13. The van der Waals surface area contributed by atoms with Crippen molar-refractivity contribution in [3.05, 3.63) is 55.9 Å². The van der Waals surface area contributed by atoms with E-state index in [1.165, 1.54) is 10.7 Å². The number of nitrogens with one attached hydrogen (secondary N) is 1. The van der Waals surface area contributed by atoms with Crippen LogP contribution in [-0.4, -0.2) is 14.6 Å². The molecule has 0 bridgehead atoms. The molecule has 7 heteroatoms. The third kappa shape index (κ3) is 2.50. The maximum atomic E-state index is 12.8. The Morgan fingerprint density at radius 1 is 1.30 bits per heavy atom. The fourth-order valence-corrected chi connectivity index (χ4v) is 2.82. The van der Waals surface area contributed by atoms with E-state index >= 15 is 0 Å². The number of hydrogen-bond acceptors (Lipinski definition) is 3. The summed E-state index contributed by atoms with van der Waals surface area (Å²) >= 11 is 12.1. The number of aromatic amines is 1. The van der Waals surface area contributed by atoms with E-state index in [1.54, 1.807) is 18.2 Å². The molecule has 5 nitrogen and oxygen atoms in total. The van der Waals surface area contributed by atoms with Crippen molar-refractivity contribution in [3.63, 3.8) is 0 Å². The fourth-order valence-electron chi connectivity index (χ4n) is 2.53. The summed E-state index contributed by atoms with van der Waals surface area (Å²) in [5.74, 6) is -0.0395. The predicted octanol–water partition coefficient (Wildman–Crippen LogP) is 3.99. The minimum Gasteiger partial charge on any atom is -0.338 e. The van der Waals surface area contributed by atoms with Crippen LogP contribution in [0.4, 0.5) is 0 Å². The SMILES string of the molecule is CC(C)c1c(-c2ccc(Cl)c(Cl)c2)[nH]c2c(C#N)cnn2c1=O. The smallest absolute Gasteiger partial charge is 0.278 e. The Labute approximate surface area is 142 Å². The van der Waals surface area contributed by atoms with E-state index in [9.17, 15) is 10.1 Å². The van der Waals surface area contributed by atoms with Crippen molar-refractivity contribution >= 4 is 28.8 Å². The van der Waals surface area contributed by atoms with E-state index in [2.05, 4.69) is 10.1 Å². The molecule has 0 aliphatic carbocycles. The monoisotopic (exact) mass is 346 g/mol. The number of benzene rings is 1. The van der Waals surface area contributed by atoms with Crippen molar-refractivity contribution < 1.29 is 0 Å². The van der Waals surface area contributed by atoms with Gasteiger partial charge in [-0.05, 0) is 18.1 Å². The predicted molar refractivity (Wildman–Crippen MR) is 90.1 cm³/mol. The number of halogens is 2. The Bertz CT molecular complexity index is 1010. The summed E-state index contributed by atoms with van der Waals surface area (Å²) in [6, 6.07) is 7.17. The molecule has 0 saturated carbocycles. The molecule has 0 atom stereocenters. The second kappa shape index (κ2) is 5.73. The van der Waals surface area contributed by atoms with Gasteiger partial charge in [-0.1, -0.05) is 43.1 Å². The van der Waals surface area contributed by atoms with Gasteiger partial charge < -0.3 is 4.98 Å².